The van der Waals surface area contributed by atoms with E-state index in [0.29, 0.717) is 6.61 Å². The first-order valence-corrected chi connectivity index (χ1v) is 12.1. The highest BCUT2D eigenvalue weighted by Crippen LogP contribution is 2.37. The van der Waals surface area contributed by atoms with E-state index in [1.165, 1.54) is 7.11 Å². The number of carbonyl (C=O) groups is 1. The van der Waals surface area contributed by atoms with Crippen LogP contribution in [-0.2, 0) is 9.16 Å². The minimum atomic E-state index is -1.78. The van der Waals surface area contributed by atoms with Crippen LogP contribution in [0.5, 0.6) is 0 Å². The number of hydrogen-bond donors (Lipinski definition) is 0. The Labute approximate surface area is 155 Å². The van der Waals surface area contributed by atoms with E-state index in [1.807, 2.05) is 12.3 Å². The van der Waals surface area contributed by atoms with Crippen LogP contribution in [0.3, 0.4) is 0 Å². The Morgan fingerprint density at radius 3 is 2.28 bits per heavy atom. The number of carbonyl (C=O) groups excluding carboxylic acids is 1. The quantitative estimate of drug-likeness (QED) is 0.583. The van der Waals surface area contributed by atoms with Gasteiger partial charge in [-0.25, -0.2) is 4.79 Å². The third-order valence-electron chi connectivity index (χ3n) is 5.19. The van der Waals surface area contributed by atoms with E-state index in [1.54, 1.807) is 4.90 Å². The second kappa shape index (κ2) is 8.08. The highest BCUT2D eigenvalue weighted by atomic mass is 28.4. The molecule has 1 unspecified atom stereocenters. The summed E-state index contributed by atoms with van der Waals surface area (Å²) < 4.78 is 11.3. The molecule has 1 aliphatic rings. The van der Waals surface area contributed by atoms with Crippen molar-refractivity contribution in [2.45, 2.75) is 78.6 Å². The van der Waals surface area contributed by atoms with Crippen LogP contribution in [0, 0.1) is 5.41 Å². The molecule has 144 valence electrons. The number of nitrogens with zero attached hydrogens (tertiary/aromatic N) is 1. The molecular weight excluding hydrogens is 330 g/mol. The van der Waals surface area contributed by atoms with Gasteiger partial charge in [-0.15, -0.1) is 0 Å². The fourth-order valence-electron chi connectivity index (χ4n) is 2.35. The predicted octanol–water partition coefficient (Wildman–Crippen LogP) is 5.73. The van der Waals surface area contributed by atoms with Crippen molar-refractivity contribution >= 4 is 14.4 Å². The molecule has 0 aromatic carbocycles. The monoisotopic (exact) mass is 367 g/mol. The van der Waals surface area contributed by atoms with Crippen LogP contribution in [0.1, 0.15) is 54.4 Å². The summed E-state index contributed by atoms with van der Waals surface area (Å²) in [6, 6.07) is 0.0229. The molecule has 0 saturated carbocycles. The van der Waals surface area contributed by atoms with E-state index in [4.69, 9.17) is 9.16 Å². The summed E-state index contributed by atoms with van der Waals surface area (Å²) in [6.45, 7) is 18.5. The number of hydrogen-bond acceptors (Lipinski definition) is 3. The molecule has 5 heteroatoms. The molecule has 25 heavy (non-hydrogen) atoms. The van der Waals surface area contributed by atoms with Crippen LogP contribution in [0.25, 0.3) is 0 Å². The Morgan fingerprint density at radius 1 is 1.20 bits per heavy atom. The first-order chi connectivity index (χ1) is 11.3. The van der Waals surface area contributed by atoms with Crippen LogP contribution < -0.4 is 0 Å². The van der Waals surface area contributed by atoms with Crippen LogP contribution in [0.15, 0.2) is 23.9 Å². The van der Waals surface area contributed by atoms with Gasteiger partial charge in [-0.3, -0.25) is 4.90 Å². The van der Waals surface area contributed by atoms with E-state index < -0.39 is 8.32 Å². The lowest BCUT2D eigenvalue weighted by Crippen LogP contribution is -2.42. The highest BCUT2D eigenvalue weighted by Gasteiger charge is 2.37. The van der Waals surface area contributed by atoms with Gasteiger partial charge < -0.3 is 9.16 Å². The predicted molar refractivity (Wildman–Crippen MR) is 107 cm³/mol. The summed E-state index contributed by atoms with van der Waals surface area (Å²) in [4.78, 5) is 13.7. The Morgan fingerprint density at radius 2 is 1.80 bits per heavy atom. The van der Waals surface area contributed by atoms with Crippen LogP contribution in [-0.4, -0.2) is 39.1 Å². The summed E-state index contributed by atoms with van der Waals surface area (Å²) in [6.07, 6.45) is 7.60. The number of methoxy groups -OCH3 is 1. The lowest BCUT2D eigenvalue weighted by molar-refractivity contribution is 0.127. The number of rotatable bonds is 5. The third kappa shape index (κ3) is 6.63. The maximum Gasteiger partial charge on any atom is 0.414 e. The Bertz CT molecular complexity index is 524. The fourth-order valence-corrected chi connectivity index (χ4v) is 3.31. The van der Waals surface area contributed by atoms with E-state index in [9.17, 15) is 4.79 Å². The number of amides is 1. The second-order valence-corrected chi connectivity index (χ2v) is 14.5. The summed E-state index contributed by atoms with van der Waals surface area (Å²) in [5.74, 6) is 0. The first kappa shape index (κ1) is 22.0. The molecule has 4 nitrogen and oxygen atoms in total. The van der Waals surface area contributed by atoms with Crippen molar-refractivity contribution in [2.75, 3.05) is 13.7 Å². The topological polar surface area (TPSA) is 38.8 Å². The summed E-state index contributed by atoms with van der Waals surface area (Å²) >= 11 is 0. The maximum atomic E-state index is 12.1. The van der Waals surface area contributed by atoms with Gasteiger partial charge in [0.1, 0.15) is 0 Å². The molecule has 0 fully saturated rings. The molecule has 1 amide bonds. The van der Waals surface area contributed by atoms with Gasteiger partial charge in [-0.05, 0) is 48.0 Å². The van der Waals surface area contributed by atoms with Crippen molar-refractivity contribution < 1.29 is 14.0 Å². The highest BCUT2D eigenvalue weighted by molar-refractivity contribution is 6.74. The average molecular weight is 368 g/mol. The smallest absolute Gasteiger partial charge is 0.414 e. The van der Waals surface area contributed by atoms with Gasteiger partial charge in [0.05, 0.1) is 19.8 Å². The molecule has 0 aromatic rings. The van der Waals surface area contributed by atoms with Gasteiger partial charge in [0.25, 0.3) is 0 Å². The van der Waals surface area contributed by atoms with Gasteiger partial charge >= 0.3 is 6.09 Å². The van der Waals surface area contributed by atoms with Crippen molar-refractivity contribution in [2.24, 2.45) is 5.41 Å². The lowest BCUT2D eigenvalue weighted by Gasteiger charge is -2.37. The fraction of sp³-hybridized carbons (Fsp3) is 0.750. The van der Waals surface area contributed by atoms with Crippen LogP contribution in [0.4, 0.5) is 4.79 Å². The van der Waals surface area contributed by atoms with E-state index in [2.05, 4.69) is 60.7 Å². The maximum absolute atomic E-state index is 12.1. The lowest BCUT2D eigenvalue weighted by atomic mass is 9.87. The van der Waals surface area contributed by atoms with Gasteiger partial charge in [-0.2, -0.15) is 0 Å². The van der Waals surface area contributed by atoms with Crippen LogP contribution >= 0.6 is 0 Å². The van der Waals surface area contributed by atoms with Crippen molar-refractivity contribution in [3.05, 3.63) is 23.9 Å². The summed E-state index contributed by atoms with van der Waals surface area (Å²) in [5, 5.41) is 0.190. The van der Waals surface area contributed by atoms with Crippen LogP contribution in [0.2, 0.25) is 18.1 Å². The molecule has 0 N–H and O–H groups in total. The largest absolute Gasteiger partial charge is 0.452 e. The minimum absolute atomic E-state index is 0.0229. The standard InChI is InChI=1S/C20H37NO3Si/c1-19(2,3)12-10-17-14-16(11-13-21(17)18(22)23-7)15-24-25(8,9)20(4,5)6/h11,13-14,17H,10,12,15H2,1-9H3. The molecular formula is C20H37NO3Si. The average Bonchev–Trinajstić information content (AvgIpc) is 2.48. The zero-order chi connectivity index (χ0) is 19.5. The number of ether oxygens (including phenoxy) is 1. The Balaban J connectivity index is 2.85. The second-order valence-electron chi connectivity index (χ2n) is 9.65. The molecule has 0 spiro atoms. The third-order valence-corrected chi connectivity index (χ3v) is 9.67. The molecule has 0 saturated heterocycles. The molecule has 0 bridgehead atoms. The first-order valence-electron chi connectivity index (χ1n) is 9.16. The Hall–Kier alpha value is -1.07. The van der Waals surface area contributed by atoms with E-state index in [-0.39, 0.29) is 22.6 Å². The van der Waals surface area contributed by atoms with Gasteiger partial charge in [0.15, 0.2) is 8.32 Å². The molecule has 0 aromatic heterocycles. The van der Waals surface area contributed by atoms with Gasteiger partial charge in [0, 0.05) is 6.20 Å². The summed E-state index contributed by atoms with van der Waals surface area (Å²) in [5.41, 5.74) is 1.37. The molecule has 0 aliphatic carbocycles. The summed E-state index contributed by atoms with van der Waals surface area (Å²) in [7, 11) is -0.358. The zero-order valence-electron chi connectivity index (χ0n) is 17.6. The molecule has 1 rings (SSSR count). The van der Waals surface area contributed by atoms with E-state index in [0.717, 1.165) is 18.4 Å². The molecule has 0 radical (unpaired) electrons. The minimum Gasteiger partial charge on any atom is -0.452 e. The van der Waals surface area contributed by atoms with Gasteiger partial charge in [-0.1, -0.05) is 47.6 Å². The van der Waals surface area contributed by atoms with Crippen molar-refractivity contribution in [1.29, 1.82) is 0 Å². The van der Waals surface area contributed by atoms with Crippen molar-refractivity contribution in [3.63, 3.8) is 0 Å². The Kier molecular flexibility index (Phi) is 7.10. The molecule has 1 aliphatic heterocycles. The molecule has 1 heterocycles. The normalized spacial score (nSPS) is 19.0. The van der Waals surface area contributed by atoms with Crippen molar-refractivity contribution in [3.8, 4) is 0 Å². The van der Waals surface area contributed by atoms with E-state index >= 15 is 0 Å². The zero-order valence-corrected chi connectivity index (χ0v) is 18.6. The van der Waals surface area contributed by atoms with Crippen molar-refractivity contribution in [1.82, 2.24) is 4.90 Å². The SMILES string of the molecule is COC(=O)N1C=CC(CO[Si](C)(C)C(C)(C)C)=CC1CCC(C)(C)C. The molecule has 1 atom stereocenters. The van der Waals surface area contributed by atoms with Gasteiger partial charge in [0.2, 0.25) is 0 Å².